The highest BCUT2D eigenvalue weighted by atomic mass is 35.5. The monoisotopic (exact) mass is 345 g/mol. The molecular formula is C21H28ClNO. The Morgan fingerprint density at radius 2 is 1.50 bits per heavy atom. The van der Waals surface area contributed by atoms with Crippen molar-refractivity contribution >= 4 is 11.6 Å². The van der Waals surface area contributed by atoms with Gasteiger partial charge in [0.15, 0.2) is 0 Å². The fourth-order valence-corrected chi connectivity index (χ4v) is 2.98. The average molecular weight is 346 g/mol. The maximum Gasteiger partial charge on any atom is 0.119 e. The molecule has 0 fully saturated rings. The number of rotatable bonds is 9. The molecule has 1 unspecified atom stereocenters. The molecule has 0 N–H and O–H groups in total. The lowest BCUT2D eigenvalue weighted by molar-refractivity contribution is 0.260. The van der Waals surface area contributed by atoms with Crippen LogP contribution < -0.4 is 4.74 Å². The van der Waals surface area contributed by atoms with E-state index in [1.54, 1.807) is 0 Å². The van der Waals surface area contributed by atoms with Gasteiger partial charge in [-0.3, -0.25) is 0 Å². The molecular weight excluding hydrogens is 318 g/mol. The fraction of sp³-hybridized carbons (Fsp3) is 0.429. The number of benzene rings is 2. The Balaban J connectivity index is 1.82. The highest BCUT2D eigenvalue weighted by Gasteiger charge is 2.08. The molecule has 0 aliphatic carbocycles. The molecule has 2 nitrogen and oxygen atoms in total. The lowest BCUT2D eigenvalue weighted by Crippen LogP contribution is -2.28. The van der Waals surface area contributed by atoms with Gasteiger partial charge in [-0.1, -0.05) is 56.6 Å². The van der Waals surface area contributed by atoms with Gasteiger partial charge < -0.3 is 9.64 Å². The third-order valence-electron chi connectivity index (χ3n) is 4.29. The summed E-state index contributed by atoms with van der Waals surface area (Å²) >= 11 is 5.89. The first kappa shape index (κ1) is 18.8. The Kier molecular flexibility index (Phi) is 7.61. The van der Waals surface area contributed by atoms with Crippen molar-refractivity contribution in [1.82, 2.24) is 4.90 Å². The van der Waals surface area contributed by atoms with E-state index >= 15 is 0 Å². The number of hydrogen-bond donors (Lipinski definition) is 0. The van der Waals surface area contributed by atoms with Gasteiger partial charge in [-0.2, -0.15) is 0 Å². The normalized spacial score (nSPS) is 12.4. The molecule has 0 amide bonds. The average Bonchev–Trinajstić information content (AvgIpc) is 2.60. The highest BCUT2D eigenvalue weighted by molar-refractivity contribution is 6.30. The molecule has 0 aromatic heterocycles. The Labute approximate surface area is 151 Å². The molecule has 0 aliphatic rings. The van der Waals surface area contributed by atoms with Crippen LogP contribution in [-0.4, -0.2) is 24.5 Å². The SMILES string of the molecule is CCN(CC)CC(C)Cc1ccc(OCc2ccc(Cl)cc2)cc1. The topological polar surface area (TPSA) is 12.5 Å². The van der Waals surface area contributed by atoms with E-state index in [1.165, 1.54) is 5.56 Å². The molecule has 0 heterocycles. The fourth-order valence-electron chi connectivity index (χ4n) is 2.86. The van der Waals surface area contributed by atoms with Gasteiger partial charge in [-0.25, -0.2) is 0 Å². The van der Waals surface area contributed by atoms with Gasteiger partial charge in [0.2, 0.25) is 0 Å². The molecule has 0 saturated heterocycles. The van der Waals surface area contributed by atoms with E-state index in [0.29, 0.717) is 12.5 Å². The molecule has 0 aliphatic heterocycles. The number of ether oxygens (including phenoxy) is 1. The van der Waals surface area contributed by atoms with Crippen LogP contribution in [0.1, 0.15) is 31.9 Å². The summed E-state index contributed by atoms with van der Waals surface area (Å²) in [7, 11) is 0. The van der Waals surface area contributed by atoms with E-state index in [4.69, 9.17) is 16.3 Å². The minimum Gasteiger partial charge on any atom is -0.489 e. The molecule has 130 valence electrons. The molecule has 3 heteroatoms. The molecule has 2 rings (SSSR count). The summed E-state index contributed by atoms with van der Waals surface area (Å²) in [6, 6.07) is 16.2. The number of hydrogen-bond acceptors (Lipinski definition) is 2. The predicted molar refractivity (Wildman–Crippen MR) is 103 cm³/mol. The quantitative estimate of drug-likeness (QED) is 0.600. The van der Waals surface area contributed by atoms with Gasteiger partial charge in [-0.05, 0) is 60.8 Å². The van der Waals surface area contributed by atoms with Gasteiger partial charge in [0.25, 0.3) is 0 Å². The van der Waals surface area contributed by atoms with Crippen LogP contribution >= 0.6 is 11.6 Å². The minimum absolute atomic E-state index is 0.564. The first-order chi connectivity index (χ1) is 11.6. The summed E-state index contributed by atoms with van der Waals surface area (Å²) in [4.78, 5) is 2.48. The molecule has 2 aromatic carbocycles. The molecule has 0 radical (unpaired) electrons. The van der Waals surface area contributed by atoms with Crippen LogP contribution in [0, 0.1) is 5.92 Å². The van der Waals surface area contributed by atoms with E-state index in [1.807, 2.05) is 24.3 Å². The lowest BCUT2D eigenvalue weighted by Gasteiger charge is -2.22. The van der Waals surface area contributed by atoms with Crippen LogP contribution in [-0.2, 0) is 13.0 Å². The zero-order chi connectivity index (χ0) is 17.4. The second-order valence-corrected chi connectivity index (χ2v) is 6.79. The summed E-state index contributed by atoms with van der Waals surface area (Å²) in [6.07, 6.45) is 1.11. The zero-order valence-corrected chi connectivity index (χ0v) is 15.7. The maximum absolute atomic E-state index is 5.89. The maximum atomic E-state index is 5.89. The van der Waals surface area contributed by atoms with Crippen molar-refractivity contribution in [3.05, 3.63) is 64.7 Å². The standard InChI is InChI=1S/C21H28ClNO/c1-4-23(5-2)15-17(3)14-18-8-12-21(13-9-18)24-16-19-6-10-20(22)11-7-19/h6-13,17H,4-5,14-16H2,1-3H3. The summed E-state index contributed by atoms with van der Waals surface area (Å²) in [5.41, 5.74) is 2.49. The van der Waals surface area contributed by atoms with Gasteiger partial charge in [0.1, 0.15) is 12.4 Å². The van der Waals surface area contributed by atoms with E-state index < -0.39 is 0 Å². The van der Waals surface area contributed by atoms with Gasteiger partial charge >= 0.3 is 0 Å². The molecule has 0 bridgehead atoms. The van der Waals surface area contributed by atoms with Crippen molar-refractivity contribution in [3.63, 3.8) is 0 Å². The highest BCUT2D eigenvalue weighted by Crippen LogP contribution is 2.18. The lowest BCUT2D eigenvalue weighted by atomic mass is 10.0. The smallest absolute Gasteiger partial charge is 0.119 e. The molecule has 24 heavy (non-hydrogen) atoms. The largest absolute Gasteiger partial charge is 0.489 e. The van der Waals surface area contributed by atoms with Crippen molar-refractivity contribution in [2.45, 2.75) is 33.8 Å². The Bertz CT molecular complexity index is 590. The summed E-state index contributed by atoms with van der Waals surface area (Å²) < 4.78 is 5.84. The number of nitrogens with zero attached hydrogens (tertiary/aromatic N) is 1. The van der Waals surface area contributed by atoms with E-state index in [-0.39, 0.29) is 0 Å². The van der Waals surface area contributed by atoms with Crippen LogP contribution in [0.5, 0.6) is 5.75 Å². The Morgan fingerprint density at radius 3 is 2.08 bits per heavy atom. The van der Waals surface area contributed by atoms with Crippen molar-refractivity contribution in [3.8, 4) is 5.75 Å². The van der Waals surface area contributed by atoms with Crippen LogP contribution in [0.3, 0.4) is 0 Å². The van der Waals surface area contributed by atoms with Crippen LogP contribution in [0.15, 0.2) is 48.5 Å². The number of halogens is 1. The minimum atomic E-state index is 0.564. The van der Waals surface area contributed by atoms with Crippen molar-refractivity contribution in [2.24, 2.45) is 5.92 Å². The van der Waals surface area contributed by atoms with E-state index in [0.717, 1.165) is 42.4 Å². The van der Waals surface area contributed by atoms with Crippen LogP contribution in [0.4, 0.5) is 0 Å². The molecule has 0 spiro atoms. The van der Waals surface area contributed by atoms with Gasteiger partial charge in [0, 0.05) is 11.6 Å². The third-order valence-corrected chi connectivity index (χ3v) is 4.54. The van der Waals surface area contributed by atoms with E-state index in [2.05, 4.69) is 49.9 Å². The van der Waals surface area contributed by atoms with Gasteiger partial charge in [0.05, 0.1) is 0 Å². The van der Waals surface area contributed by atoms with Crippen molar-refractivity contribution in [1.29, 1.82) is 0 Å². The van der Waals surface area contributed by atoms with Crippen LogP contribution in [0.2, 0.25) is 5.02 Å². The first-order valence-electron chi connectivity index (χ1n) is 8.79. The zero-order valence-electron chi connectivity index (χ0n) is 15.0. The van der Waals surface area contributed by atoms with Crippen LogP contribution in [0.25, 0.3) is 0 Å². The predicted octanol–water partition coefficient (Wildman–Crippen LogP) is 5.44. The van der Waals surface area contributed by atoms with E-state index in [9.17, 15) is 0 Å². The molecule has 2 aromatic rings. The van der Waals surface area contributed by atoms with Crippen molar-refractivity contribution < 1.29 is 4.74 Å². The summed E-state index contributed by atoms with van der Waals surface area (Å²) in [5, 5.41) is 0.752. The second kappa shape index (κ2) is 9.71. The second-order valence-electron chi connectivity index (χ2n) is 6.35. The summed E-state index contributed by atoms with van der Waals surface area (Å²) in [5.74, 6) is 1.57. The molecule has 0 saturated carbocycles. The van der Waals surface area contributed by atoms with Gasteiger partial charge in [-0.15, -0.1) is 0 Å². The Morgan fingerprint density at radius 1 is 0.917 bits per heavy atom. The first-order valence-corrected chi connectivity index (χ1v) is 9.17. The van der Waals surface area contributed by atoms with Crippen molar-refractivity contribution in [2.75, 3.05) is 19.6 Å². The summed E-state index contributed by atoms with van der Waals surface area (Å²) in [6.45, 7) is 10.7. The Hall–Kier alpha value is -1.51. The third kappa shape index (κ3) is 6.18. The molecule has 1 atom stereocenters.